The number of amides is 5. The number of hydrogen-bond acceptors (Lipinski definition) is 13. The van der Waals surface area contributed by atoms with Crippen LogP contribution in [0.15, 0.2) is 6.20 Å². The van der Waals surface area contributed by atoms with Crippen LogP contribution >= 0.6 is 0 Å². The Kier molecular flexibility index (Phi) is 18.9. The molecule has 1 aliphatic heterocycles. The zero-order valence-corrected chi connectivity index (χ0v) is 31.0. The molecular weight excluding hydrogens is 682 g/mol. The molecule has 292 valence electrons. The van der Waals surface area contributed by atoms with Gasteiger partial charge in [0.2, 0.25) is 29.5 Å². The Labute approximate surface area is 303 Å². The third-order valence-electron chi connectivity index (χ3n) is 7.97. The van der Waals surface area contributed by atoms with Crippen molar-refractivity contribution in [2.45, 2.75) is 85.1 Å². The second-order valence-corrected chi connectivity index (χ2v) is 13.5. The summed E-state index contributed by atoms with van der Waals surface area (Å²) in [6.07, 6.45) is 2.08. The number of rotatable bonds is 23. The lowest BCUT2D eigenvalue weighted by atomic mass is 9.88. The van der Waals surface area contributed by atoms with E-state index in [-0.39, 0.29) is 63.3 Å². The lowest BCUT2D eigenvalue weighted by Crippen LogP contribution is -2.56. The van der Waals surface area contributed by atoms with Gasteiger partial charge in [0.05, 0.1) is 45.5 Å². The molecule has 0 spiro atoms. The zero-order chi connectivity index (χ0) is 38.7. The number of aromatic nitrogens is 3. The summed E-state index contributed by atoms with van der Waals surface area (Å²) in [6, 6.07) is -2.04. The van der Waals surface area contributed by atoms with Crippen LogP contribution in [0, 0.1) is 11.8 Å². The van der Waals surface area contributed by atoms with Gasteiger partial charge in [-0.15, -0.1) is 5.10 Å². The maximum atomic E-state index is 13.7. The summed E-state index contributed by atoms with van der Waals surface area (Å²) in [5.74, 6) is -4.20. The molecule has 6 N–H and O–H groups in total. The minimum atomic E-state index is -1.63. The number of H-pyrrole nitrogens is 1. The highest BCUT2D eigenvalue weighted by Crippen LogP contribution is 2.22. The third-order valence-corrected chi connectivity index (χ3v) is 7.97. The van der Waals surface area contributed by atoms with Crippen LogP contribution in [0.3, 0.4) is 0 Å². The minimum Gasteiger partial charge on any atom is -0.450 e. The van der Waals surface area contributed by atoms with Crippen molar-refractivity contribution in [3.05, 3.63) is 11.9 Å². The molecule has 0 bridgehead atoms. The molecule has 0 aromatic carbocycles. The molecular formula is C33H55N9O10. The van der Waals surface area contributed by atoms with E-state index in [1.807, 2.05) is 32.6 Å². The number of morpholine rings is 1. The van der Waals surface area contributed by atoms with E-state index >= 15 is 0 Å². The first-order valence-corrected chi connectivity index (χ1v) is 17.5. The van der Waals surface area contributed by atoms with E-state index < -0.39 is 66.2 Å². The summed E-state index contributed by atoms with van der Waals surface area (Å²) >= 11 is 0. The standard InChI is InChI=1S/C33H55N9O10/c1-7-33(6,52-30(47)17-35-29(46)20-51-19-23-14-37-41-40-23)31(48)24(12-21(2)3)38-27(44)16-36-32(49)25(13-22(4)5)39-26(43)15-34-28(45)18-42-8-10-50-11-9-42/h14,21-22,24-25H,7-13,15-20H2,1-6H3,(H,34,45)(H,35,46)(H,36,49)(H,38,44)(H,39,43)(H,37,40,41)/t24-,25-,33?/m0/s1. The molecule has 0 aliphatic carbocycles. The number of esters is 1. The van der Waals surface area contributed by atoms with Crippen molar-refractivity contribution < 1.29 is 47.8 Å². The van der Waals surface area contributed by atoms with Crippen molar-refractivity contribution in [1.82, 2.24) is 46.9 Å². The molecule has 1 aliphatic rings. The van der Waals surface area contributed by atoms with Crippen LogP contribution in [0.1, 0.15) is 66.5 Å². The molecule has 1 saturated heterocycles. The maximum Gasteiger partial charge on any atom is 0.326 e. The second-order valence-electron chi connectivity index (χ2n) is 13.5. The van der Waals surface area contributed by atoms with Gasteiger partial charge in [-0.2, -0.15) is 0 Å². The first-order chi connectivity index (χ1) is 24.6. The quantitative estimate of drug-likeness (QED) is 0.0690. The van der Waals surface area contributed by atoms with E-state index in [9.17, 15) is 33.6 Å². The normalized spacial score (nSPS) is 15.5. The van der Waals surface area contributed by atoms with Crippen LogP contribution in [0.4, 0.5) is 0 Å². The fourth-order valence-corrected chi connectivity index (χ4v) is 5.10. The summed E-state index contributed by atoms with van der Waals surface area (Å²) in [7, 11) is 0. The highest BCUT2D eigenvalue weighted by molar-refractivity contribution is 5.97. The fraction of sp³-hybridized carbons (Fsp3) is 0.727. The number of nitrogens with zero attached hydrogens (tertiary/aromatic N) is 3. The Morgan fingerprint density at radius 2 is 1.46 bits per heavy atom. The van der Waals surface area contributed by atoms with E-state index in [2.05, 4.69) is 42.0 Å². The van der Waals surface area contributed by atoms with Crippen molar-refractivity contribution in [2.24, 2.45) is 11.8 Å². The lowest BCUT2D eigenvalue weighted by Gasteiger charge is -2.32. The number of carbonyl (C=O) groups excluding carboxylic acids is 7. The molecule has 52 heavy (non-hydrogen) atoms. The summed E-state index contributed by atoms with van der Waals surface area (Å²) in [4.78, 5) is 91.4. The van der Waals surface area contributed by atoms with Crippen LogP contribution in [-0.2, 0) is 54.4 Å². The smallest absolute Gasteiger partial charge is 0.326 e. The van der Waals surface area contributed by atoms with Crippen molar-refractivity contribution in [3.8, 4) is 0 Å². The molecule has 2 rings (SSSR count). The Bertz CT molecular complexity index is 1340. The van der Waals surface area contributed by atoms with Crippen molar-refractivity contribution in [1.29, 1.82) is 0 Å². The molecule has 19 nitrogen and oxygen atoms in total. The highest BCUT2D eigenvalue weighted by Gasteiger charge is 2.41. The Morgan fingerprint density at radius 3 is 2.06 bits per heavy atom. The Morgan fingerprint density at radius 1 is 0.865 bits per heavy atom. The van der Waals surface area contributed by atoms with Gasteiger partial charge in [-0.3, -0.25) is 43.6 Å². The topological polar surface area (TPSA) is 252 Å². The van der Waals surface area contributed by atoms with E-state index in [1.165, 1.54) is 13.1 Å². The van der Waals surface area contributed by atoms with E-state index in [1.54, 1.807) is 6.92 Å². The summed E-state index contributed by atoms with van der Waals surface area (Å²) in [5, 5.41) is 22.5. The van der Waals surface area contributed by atoms with Crippen LogP contribution in [0.25, 0.3) is 0 Å². The Balaban J connectivity index is 1.89. The number of carbonyl (C=O) groups is 7. The molecule has 1 fully saturated rings. The van der Waals surface area contributed by atoms with Gasteiger partial charge in [-0.05, 0) is 38.0 Å². The number of nitrogens with one attached hydrogen (secondary N) is 6. The van der Waals surface area contributed by atoms with E-state index in [4.69, 9.17) is 14.2 Å². The highest BCUT2D eigenvalue weighted by atomic mass is 16.6. The summed E-state index contributed by atoms with van der Waals surface area (Å²) < 4.78 is 16.0. The largest absolute Gasteiger partial charge is 0.450 e. The van der Waals surface area contributed by atoms with Crippen LogP contribution in [-0.4, -0.2) is 138 Å². The molecule has 3 atom stereocenters. The first kappa shape index (κ1) is 43.7. The predicted molar refractivity (Wildman–Crippen MR) is 185 cm³/mol. The maximum absolute atomic E-state index is 13.7. The predicted octanol–water partition coefficient (Wildman–Crippen LogP) is -1.66. The lowest BCUT2D eigenvalue weighted by molar-refractivity contribution is -0.167. The number of ketones is 1. The monoisotopic (exact) mass is 737 g/mol. The molecule has 1 aromatic heterocycles. The summed E-state index contributed by atoms with van der Waals surface area (Å²) in [6.45, 7) is 11.3. The SMILES string of the molecule is CCC(C)(OC(=O)CNC(=O)COCc1c[nH]nn1)C(=O)[C@H](CC(C)C)NC(=O)CNC(=O)[C@H](CC(C)C)NC(=O)CNC(=O)CN1CCOCC1. The fourth-order valence-electron chi connectivity index (χ4n) is 5.10. The van der Waals surface area contributed by atoms with Crippen molar-refractivity contribution in [2.75, 3.05) is 59.1 Å². The molecule has 0 radical (unpaired) electrons. The second kappa shape index (κ2) is 22.4. The van der Waals surface area contributed by atoms with Crippen molar-refractivity contribution in [3.63, 3.8) is 0 Å². The van der Waals surface area contributed by atoms with Gasteiger partial charge in [0.15, 0.2) is 11.4 Å². The minimum absolute atomic E-state index is 0.00937. The number of hydrogen-bond donors (Lipinski definition) is 6. The van der Waals surface area contributed by atoms with Crippen LogP contribution in [0.5, 0.6) is 0 Å². The average molecular weight is 738 g/mol. The number of aromatic amines is 1. The zero-order valence-electron chi connectivity index (χ0n) is 31.0. The van der Waals surface area contributed by atoms with Gasteiger partial charge in [-0.25, -0.2) is 0 Å². The van der Waals surface area contributed by atoms with E-state index in [0.29, 0.717) is 32.0 Å². The van der Waals surface area contributed by atoms with Gasteiger partial charge in [0.25, 0.3) is 0 Å². The number of ether oxygens (including phenoxy) is 3. The molecule has 2 heterocycles. The van der Waals surface area contributed by atoms with Gasteiger partial charge in [-0.1, -0.05) is 39.8 Å². The molecule has 19 heteroatoms. The molecule has 1 aromatic rings. The Hall–Kier alpha value is -4.49. The van der Waals surface area contributed by atoms with Gasteiger partial charge >= 0.3 is 5.97 Å². The number of Topliss-reactive ketones (excluding diaryl/α,β-unsaturated/α-hetero) is 1. The first-order valence-electron chi connectivity index (χ1n) is 17.5. The molecule has 0 saturated carbocycles. The van der Waals surface area contributed by atoms with E-state index in [0.717, 1.165) is 0 Å². The summed E-state index contributed by atoms with van der Waals surface area (Å²) in [5.41, 5.74) is -1.14. The van der Waals surface area contributed by atoms with Crippen LogP contribution in [0.2, 0.25) is 0 Å². The van der Waals surface area contributed by atoms with Gasteiger partial charge < -0.3 is 40.8 Å². The van der Waals surface area contributed by atoms with Crippen molar-refractivity contribution >= 4 is 41.3 Å². The molecule has 1 unspecified atom stereocenters. The molecule has 5 amide bonds. The third kappa shape index (κ3) is 16.7. The van der Waals surface area contributed by atoms with Gasteiger partial charge in [0.1, 0.15) is 24.9 Å². The van der Waals surface area contributed by atoms with Crippen LogP contribution < -0.4 is 26.6 Å². The van der Waals surface area contributed by atoms with Gasteiger partial charge in [0, 0.05) is 19.3 Å². The average Bonchev–Trinajstić information content (AvgIpc) is 3.61.